The average Bonchev–Trinajstić information content (AvgIpc) is 3.11. The molecule has 46 heavy (non-hydrogen) atoms. The molecule has 4 aromatic carbocycles. The summed E-state index contributed by atoms with van der Waals surface area (Å²) in [7, 11) is 2.84. The Balaban J connectivity index is 1.23. The van der Waals surface area contributed by atoms with E-state index >= 15 is 0 Å². The van der Waals surface area contributed by atoms with Gasteiger partial charge < -0.3 is 14.2 Å². The van der Waals surface area contributed by atoms with Crippen LogP contribution >= 0.6 is 0 Å². The van der Waals surface area contributed by atoms with Crippen LogP contribution in [0.1, 0.15) is 69.4 Å². The number of unbranched alkanes of at least 4 members (excludes halogenated alkanes) is 1. The molecule has 1 aliphatic carbocycles. The third kappa shape index (κ3) is 9.30. The van der Waals surface area contributed by atoms with Crippen molar-refractivity contribution in [3.8, 4) is 5.75 Å². The van der Waals surface area contributed by atoms with E-state index in [9.17, 15) is 9.59 Å². The van der Waals surface area contributed by atoms with E-state index in [1.54, 1.807) is 0 Å². The summed E-state index contributed by atoms with van der Waals surface area (Å²) in [6, 6.07) is 33.8. The van der Waals surface area contributed by atoms with Gasteiger partial charge in [0.1, 0.15) is 12.4 Å². The normalized spacial score (nSPS) is 14.0. The average molecular weight is 620 g/mol. The number of benzene rings is 4. The van der Waals surface area contributed by atoms with Crippen LogP contribution in [-0.4, -0.2) is 43.6 Å². The van der Waals surface area contributed by atoms with Crippen LogP contribution in [0.15, 0.2) is 97.1 Å². The van der Waals surface area contributed by atoms with Crippen molar-refractivity contribution in [2.24, 2.45) is 0 Å². The second-order valence-electron chi connectivity index (χ2n) is 12.1. The van der Waals surface area contributed by atoms with Crippen molar-refractivity contribution < 1.29 is 23.8 Å². The summed E-state index contributed by atoms with van der Waals surface area (Å²) in [5, 5.41) is 0. The van der Waals surface area contributed by atoms with Gasteiger partial charge in [0.25, 0.3) is 0 Å². The molecule has 0 saturated carbocycles. The first-order valence-corrected chi connectivity index (χ1v) is 16.4. The molecule has 0 N–H and O–H groups in total. The number of carbonyl (C=O) groups excluding carboxylic acids is 2. The summed E-state index contributed by atoms with van der Waals surface area (Å²) in [6.45, 7) is 2.17. The molecular weight excluding hydrogens is 574 g/mol. The molecule has 5 rings (SSSR count). The second kappa shape index (κ2) is 16.8. The molecule has 0 aliphatic heterocycles. The lowest BCUT2D eigenvalue weighted by atomic mass is 9.86. The maximum atomic E-state index is 11.9. The number of carbonyl (C=O) groups is 2. The van der Waals surface area contributed by atoms with Crippen molar-refractivity contribution in [3.05, 3.63) is 136 Å². The zero-order valence-corrected chi connectivity index (χ0v) is 27.1. The maximum absolute atomic E-state index is 11.9. The molecule has 1 unspecified atom stereocenters. The lowest BCUT2D eigenvalue weighted by molar-refractivity contribution is -0.140. The Morgan fingerprint density at radius 3 is 2.15 bits per heavy atom. The molecule has 4 aromatic rings. The Labute approximate surface area is 273 Å². The van der Waals surface area contributed by atoms with Crippen LogP contribution in [0, 0.1) is 0 Å². The Bertz CT molecular complexity index is 1550. The maximum Gasteiger partial charge on any atom is 0.337 e. The Kier molecular flexibility index (Phi) is 12.0. The highest BCUT2D eigenvalue weighted by Gasteiger charge is 2.27. The zero-order chi connectivity index (χ0) is 32.1. The predicted molar refractivity (Wildman–Crippen MR) is 181 cm³/mol. The molecule has 0 spiro atoms. The highest BCUT2D eigenvalue weighted by molar-refractivity contribution is 5.89. The number of fused-ring (bicyclic) bond motifs is 1. The number of hydrogen-bond donors (Lipinski definition) is 0. The fraction of sp³-hybridized carbons (Fsp3) is 0.350. The third-order valence-electron chi connectivity index (χ3n) is 8.96. The fourth-order valence-corrected chi connectivity index (χ4v) is 6.26. The molecule has 240 valence electrons. The Morgan fingerprint density at radius 2 is 1.43 bits per heavy atom. The third-order valence-corrected chi connectivity index (χ3v) is 8.96. The SMILES string of the molecule is COC(=O)CCCCN(Cc1ccc(C(=O)OC)cc1)C1CCc2cccc(OCc3ccc(CCc4ccccc4)cc3)c2C1. The number of hydrogen-bond acceptors (Lipinski definition) is 6. The second-order valence-corrected chi connectivity index (χ2v) is 12.1. The van der Waals surface area contributed by atoms with Crippen molar-refractivity contribution in [1.29, 1.82) is 0 Å². The topological polar surface area (TPSA) is 65.1 Å². The number of ether oxygens (including phenoxy) is 3. The summed E-state index contributed by atoms with van der Waals surface area (Å²) >= 11 is 0. The lowest BCUT2D eigenvalue weighted by Crippen LogP contribution is -2.39. The summed E-state index contributed by atoms with van der Waals surface area (Å²) < 4.78 is 16.2. The van der Waals surface area contributed by atoms with Crippen LogP contribution in [0.3, 0.4) is 0 Å². The van der Waals surface area contributed by atoms with E-state index in [0.29, 0.717) is 24.6 Å². The molecule has 0 heterocycles. The number of nitrogens with zero attached hydrogens (tertiary/aromatic N) is 1. The van der Waals surface area contributed by atoms with Gasteiger partial charge in [0.05, 0.1) is 19.8 Å². The van der Waals surface area contributed by atoms with Gasteiger partial charge in [-0.15, -0.1) is 0 Å². The minimum absolute atomic E-state index is 0.167. The molecule has 6 heteroatoms. The fourth-order valence-electron chi connectivity index (χ4n) is 6.26. The minimum atomic E-state index is -0.332. The highest BCUT2D eigenvalue weighted by Crippen LogP contribution is 2.33. The van der Waals surface area contributed by atoms with Crippen molar-refractivity contribution in [2.45, 2.75) is 70.6 Å². The van der Waals surface area contributed by atoms with Crippen LogP contribution in [0.5, 0.6) is 5.75 Å². The van der Waals surface area contributed by atoms with E-state index in [2.05, 4.69) is 77.7 Å². The first-order chi connectivity index (χ1) is 22.5. The minimum Gasteiger partial charge on any atom is -0.489 e. The van der Waals surface area contributed by atoms with Gasteiger partial charge in [0, 0.05) is 19.0 Å². The molecule has 0 aromatic heterocycles. The number of methoxy groups -OCH3 is 2. The summed E-state index contributed by atoms with van der Waals surface area (Å²) in [5.41, 5.74) is 8.19. The lowest BCUT2D eigenvalue weighted by Gasteiger charge is -2.36. The van der Waals surface area contributed by atoms with Gasteiger partial charge in [0.2, 0.25) is 0 Å². The zero-order valence-electron chi connectivity index (χ0n) is 27.1. The Morgan fingerprint density at radius 1 is 0.739 bits per heavy atom. The van der Waals surface area contributed by atoms with E-state index in [4.69, 9.17) is 14.2 Å². The predicted octanol–water partition coefficient (Wildman–Crippen LogP) is 7.54. The molecule has 0 bridgehead atoms. The molecular formula is C40H45NO5. The number of esters is 2. The molecule has 0 amide bonds. The van der Waals surface area contributed by atoms with Crippen LogP contribution in [-0.2, 0) is 53.1 Å². The van der Waals surface area contributed by atoms with Gasteiger partial charge in [-0.2, -0.15) is 0 Å². The first-order valence-electron chi connectivity index (χ1n) is 16.4. The van der Waals surface area contributed by atoms with E-state index in [1.165, 1.54) is 36.5 Å². The first kappa shape index (κ1) is 33.0. The highest BCUT2D eigenvalue weighted by atomic mass is 16.5. The Hall–Kier alpha value is -4.42. The van der Waals surface area contributed by atoms with Crippen LogP contribution in [0.25, 0.3) is 0 Å². The van der Waals surface area contributed by atoms with Gasteiger partial charge in [-0.1, -0.05) is 78.9 Å². The van der Waals surface area contributed by atoms with Gasteiger partial charge in [-0.25, -0.2) is 4.79 Å². The van der Waals surface area contributed by atoms with E-state index in [-0.39, 0.29) is 11.9 Å². The van der Waals surface area contributed by atoms with E-state index < -0.39 is 0 Å². The number of rotatable bonds is 15. The number of aryl methyl sites for hydroxylation is 3. The molecule has 0 fully saturated rings. The molecule has 0 radical (unpaired) electrons. The van der Waals surface area contributed by atoms with Crippen LogP contribution in [0.4, 0.5) is 0 Å². The van der Waals surface area contributed by atoms with Gasteiger partial charge in [-0.3, -0.25) is 9.69 Å². The van der Waals surface area contributed by atoms with E-state index in [0.717, 1.165) is 74.9 Å². The van der Waals surface area contributed by atoms with Crippen LogP contribution < -0.4 is 4.74 Å². The van der Waals surface area contributed by atoms with Crippen molar-refractivity contribution in [3.63, 3.8) is 0 Å². The standard InChI is InChI=1S/C40H45NO5/c1-44-39(42)13-6-7-26-41(28-32-20-22-35(23-21-32)40(43)45-2)36-25-24-34-11-8-12-38(37(34)27-36)46-29-33-18-16-31(17-19-33)15-14-30-9-4-3-5-10-30/h3-5,8-12,16-23,36H,6-7,13-15,24-29H2,1-2H3. The van der Waals surface area contributed by atoms with Crippen molar-refractivity contribution in [1.82, 2.24) is 4.90 Å². The van der Waals surface area contributed by atoms with Crippen molar-refractivity contribution in [2.75, 3.05) is 20.8 Å². The monoisotopic (exact) mass is 619 g/mol. The van der Waals surface area contributed by atoms with Gasteiger partial charge >= 0.3 is 11.9 Å². The summed E-state index contributed by atoms with van der Waals surface area (Å²) in [4.78, 5) is 26.2. The van der Waals surface area contributed by atoms with Gasteiger partial charge in [0.15, 0.2) is 0 Å². The molecule has 6 nitrogen and oxygen atoms in total. The molecule has 0 saturated heterocycles. The molecule has 1 atom stereocenters. The van der Waals surface area contributed by atoms with Crippen molar-refractivity contribution >= 4 is 11.9 Å². The molecule has 1 aliphatic rings. The quantitative estimate of drug-likeness (QED) is 0.101. The summed E-state index contributed by atoms with van der Waals surface area (Å²) in [6.07, 6.45) is 7.12. The van der Waals surface area contributed by atoms with Crippen LogP contribution in [0.2, 0.25) is 0 Å². The summed E-state index contributed by atoms with van der Waals surface area (Å²) in [5.74, 6) is 0.463. The largest absolute Gasteiger partial charge is 0.489 e. The smallest absolute Gasteiger partial charge is 0.337 e. The van der Waals surface area contributed by atoms with E-state index in [1.807, 2.05) is 24.3 Å². The van der Waals surface area contributed by atoms with Gasteiger partial charge in [-0.05, 0) is 103 Å².